The molecule has 2 aromatic rings. The lowest BCUT2D eigenvalue weighted by Crippen LogP contribution is -2.43. The maximum absolute atomic E-state index is 12.7. The third kappa shape index (κ3) is 5.04. The first-order valence-electron chi connectivity index (χ1n) is 9.32. The van der Waals surface area contributed by atoms with Crippen molar-refractivity contribution in [1.82, 2.24) is 9.62 Å². The molecule has 0 spiro atoms. The lowest BCUT2D eigenvalue weighted by atomic mass is 10.1. The van der Waals surface area contributed by atoms with Crippen molar-refractivity contribution in [3.63, 3.8) is 0 Å². The van der Waals surface area contributed by atoms with Crippen molar-refractivity contribution in [2.75, 3.05) is 13.1 Å². The molecular weight excluding hydrogens is 348 g/mol. The van der Waals surface area contributed by atoms with Crippen LogP contribution in [0.4, 0.5) is 0 Å². The highest BCUT2D eigenvalue weighted by Gasteiger charge is 2.21. The summed E-state index contributed by atoms with van der Waals surface area (Å²) in [6.07, 6.45) is 1.59. The number of fused-ring (bicyclic) bond motifs is 1. The highest BCUT2D eigenvalue weighted by atomic mass is 32.2. The molecule has 0 aliphatic rings. The summed E-state index contributed by atoms with van der Waals surface area (Å²) in [5.74, 6) is 0. The van der Waals surface area contributed by atoms with Gasteiger partial charge in [0.05, 0.1) is 4.90 Å². The molecule has 0 radical (unpaired) electrons. The first-order chi connectivity index (χ1) is 12.4. The number of hydrogen-bond donors (Lipinski definition) is 2. The van der Waals surface area contributed by atoms with E-state index in [-0.39, 0.29) is 17.5 Å². The molecule has 0 heterocycles. The second-order valence-corrected chi connectivity index (χ2v) is 8.37. The van der Waals surface area contributed by atoms with Crippen molar-refractivity contribution in [3.05, 3.63) is 42.5 Å². The zero-order valence-corrected chi connectivity index (χ0v) is 16.7. The van der Waals surface area contributed by atoms with Gasteiger partial charge in [0.15, 0.2) is 0 Å². The summed E-state index contributed by atoms with van der Waals surface area (Å²) < 4.78 is 28.1. The normalized spacial score (nSPS) is 14.7. The van der Waals surface area contributed by atoms with Gasteiger partial charge < -0.3 is 5.11 Å². The van der Waals surface area contributed by atoms with Crippen LogP contribution in [0.25, 0.3) is 10.8 Å². The van der Waals surface area contributed by atoms with Gasteiger partial charge in [-0.25, -0.2) is 13.1 Å². The Morgan fingerprint density at radius 3 is 2.50 bits per heavy atom. The molecule has 0 aliphatic carbocycles. The lowest BCUT2D eigenvalue weighted by molar-refractivity contribution is -0.0257. The van der Waals surface area contributed by atoms with Crippen molar-refractivity contribution in [3.8, 4) is 0 Å². The second-order valence-electron chi connectivity index (χ2n) is 6.64. The number of aliphatic hydroxyl groups is 1. The van der Waals surface area contributed by atoms with Gasteiger partial charge in [0.2, 0.25) is 10.0 Å². The molecule has 0 saturated heterocycles. The zero-order chi connectivity index (χ0) is 19.2. The van der Waals surface area contributed by atoms with Crippen LogP contribution in [-0.2, 0) is 10.0 Å². The van der Waals surface area contributed by atoms with Gasteiger partial charge in [0.25, 0.3) is 0 Å². The fraction of sp³-hybridized carbons (Fsp3) is 0.500. The molecule has 2 rings (SSSR count). The molecule has 0 amide bonds. The average Bonchev–Trinajstić information content (AvgIpc) is 2.64. The Labute approximate surface area is 157 Å². The smallest absolute Gasteiger partial charge is 0.241 e. The fourth-order valence-electron chi connectivity index (χ4n) is 3.15. The van der Waals surface area contributed by atoms with E-state index in [1.165, 1.54) is 0 Å². The number of rotatable bonds is 10. The van der Waals surface area contributed by atoms with E-state index in [0.717, 1.165) is 24.8 Å². The Bertz CT molecular complexity index is 802. The molecular formula is C20H30N2O3S. The monoisotopic (exact) mass is 378 g/mol. The minimum atomic E-state index is -3.63. The summed E-state index contributed by atoms with van der Waals surface area (Å²) in [6, 6.07) is 12.9. The minimum absolute atomic E-state index is 0.198. The second kappa shape index (κ2) is 9.46. The van der Waals surface area contributed by atoms with Crippen LogP contribution in [0, 0.1) is 0 Å². The summed E-state index contributed by atoms with van der Waals surface area (Å²) in [4.78, 5) is 2.31. The lowest BCUT2D eigenvalue weighted by Gasteiger charge is -2.32. The van der Waals surface area contributed by atoms with Gasteiger partial charge in [0.1, 0.15) is 6.23 Å². The van der Waals surface area contributed by atoms with Gasteiger partial charge in [-0.1, -0.05) is 50.2 Å². The van der Waals surface area contributed by atoms with Gasteiger partial charge in [-0.15, -0.1) is 0 Å². The highest BCUT2D eigenvalue weighted by Crippen LogP contribution is 2.22. The summed E-state index contributed by atoms with van der Waals surface area (Å²) in [6.45, 7) is 7.24. The molecule has 1 unspecified atom stereocenters. The molecule has 5 nitrogen and oxygen atoms in total. The fourth-order valence-corrected chi connectivity index (χ4v) is 4.43. The van der Waals surface area contributed by atoms with E-state index in [1.807, 2.05) is 35.2 Å². The Kier molecular flexibility index (Phi) is 7.58. The Balaban J connectivity index is 2.06. The summed E-state index contributed by atoms with van der Waals surface area (Å²) in [5.41, 5.74) is 0. The third-order valence-electron chi connectivity index (χ3n) is 4.76. The van der Waals surface area contributed by atoms with Gasteiger partial charge in [-0.2, -0.15) is 0 Å². The maximum Gasteiger partial charge on any atom is 0.241 e. The molecule has 26 heavy (non-hydrogen) atoms. The number of hydrogen-bond acceptors (Lipinski definition) is 4. The molecule has 0 fully saturated rings. The van der Waals surface area contributed by atoms with Crippen molar-refractivity contribution in [1.29, 1.82) is 0 Å². The Morgan fingerprint density at radius 1 is 1.12 bits per heavy atom. The van der Waals surface area contributed by atoms with Gasteiger partial charge >= 0.3 is 0 Å². The van der Waals surface area contributed by atoms with Crippen LogP contribution in [0.3, 0.4) is 0 Å². The van der Waals surface area contributed by atoms with Gasteiger partial charge in [-0.05, 0) is 31.2 Å². The van der Waals surface area contributed by atoms with Crippen molar-refractivity contribution in [2.45, 2.75) is 57.2 Å². The quantitative estimate of drug-likeness (QED) is 0.622. The molecule has 0 bridgehead atoms. The molecule has 0 aromatic heterocycles. The van der Waals surface area contributed by atoms with Crippen molar-refractivity contribution in [2.24, 2.45) is 0 Å². The van der Waals surface area contributed by atoms with E-state index in [4.69, 9.17) is 0 Å². The Morgan fingerprint density at radius 2 is 1.81 bits per heavy atom. The van der Waals surface area contributed by atoms with Crippen molar-refractivity contribution >= 4 is 20.8 Å². The van der Waals surface area contributed by atoms with Crippen LogP contribution in [0.1, 0.15) is 40.0 Å². The number of aliphatic hydroxyl groups excluding tert-OH is 1. The maximum atomic E-state index is 12.7. The number of nitrogens with one attached hydrogen (secondary N) is 1. The molecule has 2 N–H and O–H groups in total. The predicted octanol–water partition coefficient (Wildman–Crippen LogP) is 3.34. The van der Waals surface area contributed by atoms with Gasteiger partial charge in [-0.3, -0.25) is 4.90 Å². The SMILES string of the molecule is CCCN(C(C)CC)[C@H](O)CCNS(=O)(=O)c1cccc2ccccc12. The van der Waals surface area contributed by atoms with Crippen LogP contribution >= 0.6 is 0 Å². The van der Waals surface area contributed by atoms with E-state index in [1.54, 1.807) is 12.1 Å². The van der Waals surface area contributed by atoms with Crippen LogP contribution < -0.4 is 4.72 Å². The van der Waals surface area contributed by atoms with E-state index in [0.29, 0.717) is 11.8 Å². The average molecular weight is 379 g/mol. The molecule has 144 valence electrons. The van der Waals surface area contributed by atoms with Crippen LogP contribution in [-0.4, -0.2) is 43.8 Å². The number of sulfonamides is 1. The summed E-state index contributed by atoms with van der Waals surface area (Å²) >= 11 is 0. The third-order valence-corrected chi connectivity index (χ3v) is 6.27. The topological polar surface area (TPSA) is 69.6 Å². The molecule has 0 saturated carbocycles. The summed E-state index contributed by atoms with van der Waals surface area (Å²) in [7, 11) is -3.63. The molecule has 0 aliphatic heterocycles. The first kappa shape index (κ1) is 20.8. The number of benzene rings is 2. The predicted molar refractivity (Wildman–Crippen MR) is 107 cm³/mol. The first-order valence-corrected chi connectivity index (χ1v) is 10.8. The van der Waals surface area contributed by atoms with E-state index in [2.05, 4.69) is 25.5 Å². The van der Waals surface area contributed by atoms with Crippen LogP contribution in [0.2, 0.25) is 0 Å². The van der Waals surface area contributed by atoms with Crippen LogP contribution in [0.15, 0.2) is 47.4 Å². The molecule has 6 heteroatoms. The highest BCUT2D eigenvalue weighted by molar-refractivity contribution is 7.89. The van der Waals surface area contributed by atoms with Gasteiger partial charge in [0, 0.05) is 30.9 Å². The van der Waals surface area contributed by atoms with E-state index >= 15 is 0 Å². The largest absolute Gasteiger partial charge is 0.378 e. The Hall–Kier alpha value is -1.47. The van der Waals surface area contributed by atoms with Crippen molar-refractivity contribution < 1.29 is 13.5 Å². The number of nitrogens with zero attached hydrogens (tertiary/aromatic N) is 1. The zero-order valence-electron chi connectivity index (χ0n) is 15.9. The summed E-state index contributed by atoms with van der Waals surface area (Å²) in [5, 5.41) is 12.1. The molecule has 2 atom stereocenters. The minimum Gasteiger partial charge on any atom is -0.378 e. The van der Waals surface area contributed by atoms with E-state index < -0.39 is 16.3 Å². The van der Waals surface area contributed by atoms with Crippen LogP contribution in [0.5, 0.6) is 0 Å². The van der Waals surface area contributed by atoms with E-state index in [9.17, 15) is 13.5 Å². The molecule has 2 aromatic carbocycles. The standard InChI is InChI=1S/C20H30N2O3S/c1-4-15-22(16(3)5-2)20(23)13-14-21-26(24,25)19-12-8-10-17-9-6-7-11-18(17)19/h6-12,16,20-21,23H,4-5,13-15H2,1-3H3/t16?,20-/m1/s1.